The van der Waals surface area contributed by atoms with Gasteiger partial charge in [0, 0.05) is 17.3 Å². The Bertz CT molecular complexity index is 642. The van der Waals surface area contributed by atoms with Crippen molar-refractivity contribution >= 4 is 39.8 Å². The van der Waals surface area contributed by atoms with Crippen molar-refractivity contribution in [2.75, 3.05) is 11.9 Å². The van der Waals surface area contributed by atoms with Crippen LogP contribution in [0.5, 0.6) is 5.75 Å². The predicted octanol–water partition coefficient (Wildman–Crippen LogP) is 3.02. The molecule has 0 unspecified atom stereocenters. The van der Waals surface area contributed by atoms with Crippen LogP contribution in [0.2, 0.25) is 5.02 Å². The fraction of sp³-hybridized carbons (Fsp3) is 0.154. The van der Waals surface area contributed by atoms with E-state index in [0.717, 1.165) is 0 Å². The number of Topliss-reactive ketones (excluding diaryl/α,β-unsaturated/α-hetero) is 1. The number of hydrogen-bond acceptors (Lipinski definition) is 5. The first-order valence-corrected chi connectivity index (χ1v) is 6.95. The highest BCUT2D eigenvalue weighted by atomic mass is 35.5. The summed E-state index contributed by atoms with van der Waals surface area (Å²) in [5.41, 5.74) is 0.334. The maximum atomic E-state index is 11.7. The molecule has 104 valence electrons. The number of hydrogen-bond donors (Lipinski definition) is 1. The van der Waals surface area contributed by atoms with Crippen LogP contribution in [0, 0.1) is 0 Å². The second-order valence-electron chi connectivity index (χ2n) is 3.89. The largest absolute Gasteiger partial charge is 0.484 e. The van der Waals surface area contributed by atoms with Crippen molar-refractivity contribution in [1.29, 1.82) is 0 Å². The molecule has 7 heteroatoms. The molecule has 1 N–H and O–H groups in total. The van der Waals surface area contributed by atoms with E-state index in [2.05, 4.69) is 10.3 Å². The summed E-state index contributed by atoms with van der Waals surface area (Å²) in [6.45, 7) is 1.26. The number of aromatic nitrogens is 1. The Hall–Kier alpha value is -1.92. The van der Waals surface area contributed by atoms with Gasteiger partial charge in [0.25, 0.3) is 5.91 Å². The minimum absolute atomic E-state index is 0.142. The van der Waals surface area contributed by atoms with Gasteiger partial charge in [-0.15, -0.1) is 11.3 Å². The average molecular weight is 311 g/mol. The number of rotatable bonds is 5. The highest BCUT2D eigenvalue weighted by Crippen LogP contribution is 2.18. The van der Waals surface area contributed by atoms with Gasteiger partial charge >= 0.3 is 0 Å². The SMILES string of the molecule is CC(=O)c1csc(NC(=O)COc2cccc(Cl)c2)n1. The summed E-state index contributed by atoms with van der Waals surface area (Å²) in [6, 6.07) is 6.77. The van der Waals surface area contributed by atoms with Gasteiger partial charge in [-0.25, -0.2) is 4.98 Å². The molecular weight excluding hydrogens is 300 g/mol. The third-order valence-corrected chi connectivity index (χ3v) is 3.27. The highest BCUT2D eigenvalue weighted by molar-refractivity contribution is 7.14. The number of carbonyl (C=O) groups is 2. The maximum absolute atomic E-state index is 11.7. The van der Waals surface area contributed by atoms with Crippen LogP contribution in [0.1, 0.15) is 17.4 Å². The Kier molecular flexibility index (Phi) is 4.70. The Balaban J connectivity index is 1.87. The molecule has 1 aromatic carbocycles. The lowest BCUT2D eigenvalue weighted by atomic mass is 10.3. The summed E-state index contributed by atoms with van der Waals surface area (Å²) in [6.07, 6.45) is 0. The Morgan fingerprint density at radius 1 is 1.45 bits per heavy atom. The number of halogens is 1. The lowest BCUT2D eigenvalue weighted by Gasteiger charge is -2.05. The number of ether oxygens (including phenoxy) is 1. The van der Waals surface area contributed by atoms with Gasteiger partial charge < -0.3 is 4.74 Å². The summed E-state index contributed by atoms with van der Waals surface area (Å²) in [5, 5.41) is 5.06. The number of amides is 1. The van der Waals surface area contributed by atoms with Crippen LogP contribution in [0.3, 0.4) is 0 Å². The molecule has 0 aliphatic rings. The molecule has 2 rings (SSSR count). The van der Waals surface area contributed by atoms with Crippen molar-refractivity contribution in [2.24, 2.45) is 0 Å². The van der Waals surface area contributed by atoms with E-state index in [1.807, 2.05) is 0 Å². The molecule has 0 spiro atoms. The number of carbonyl (C=O) groups excluding carboxylic acids is 2. The topological polar surface area (TPSA) is 68.3 Å². The van der Waals surface area contributed by atoms with E-state index < -0.39 is 0 Å². The number of thiazole rings is 1. The van der Waals surface area contributed by atoms with Crippen LogP contribution >= 0.6 is 22.9 Å². The predicted molar refractivity (Wildman–Crippen MR) is 77.7 cm³/mol. The van der Waals surface area contributed by atoms with Crippen LogP contribution in [0.4, 0.5) is 5.13 Å². The van der Waals surface area contributed by atoms with Crippen LogP contribution in [-0.2, 0) is 4.79 Å². The summed E-state index contributed by atoms with van der Waals surface area (Å²) in [4.78, 5) is 26.7. The van der Waals surface area contributed by atoms with Gasteiger partial charge in [0.05, 0.1) is 0 Å². The molecule has 2 aromatic rings. The third-order valence-electron chi connectivity index (χ3n) is 2.28. The quantitative estimate of drug-likeness (QED) is 0.862. The van der Waals surface area contributed by atoms with Crippen molar-refractivity contribution in [2.45, 2.75) is 6.92 Å². The number of ketones is 1. The second kappa shape index (κ2) is 6.49. The molecule has 20 heavy (non-hydrogen) atoms. The van der Waals surface area contributed by atoms with Crippen molar-refractivity contribution in [3.8, 4) is 5.75 Å². The molecule has 5 nitrogen and oxygen atoms in total. The van der Waals surface area contributed by atoms with Crippen molar-refractivity contribution in [3.05, 3.63) is 40.4 Å². The summed E-state index contributed by atoms with van der Waals surface area (Å²) in [5.74, 6) is 0.0163. The molecule has 0 fully saturated rings. The first-order chi connectivity index (χ1) is 9.54. The van der Waals surface area contributed by atoms with Crippen LogP contribution in [-0.4, -0.2) is 23.3 Å². The molecule has 1 aromatic heterocycles. The van der Waals surface area contributed by atoms with Crippen LogP contribution in [0.15, 0.2) is 29.6 Å². The lowest BCUT2D eigenvalue weighted by molar-refractivity contribution is -0.118. The first kappa shape index (κ1) is 14.5. The molecular formula is C13H11ClN2O3S. The van der Waals surface area contributed by atoms with Gasteiger partial charge in [-0.1, -0.05) is 17.7 Å². The zero-order valence-corrected chi connectivity index (χ0v) is 12.1. The molecule has 0 aliphatic carbocycles. The highest BCUT2D eigenvalue weighted by Gasteiger charge is 2.09. The van der Waals surface area contributed by atoms with Crippen molar-refractivity contribution in [1.82, 2.24) is 4.98 Å². The summed E-state index contributed by atoms with van der Waals surface area (Å²) < 4.78 is 5.29. The lowest BCUT2D eigenvalue weighted by Crippen LogP contribution is -2.20. The smallest absolute Gasteiger partial charge is 0.264 e. The molecule has 0 bridgehead atoms. The monoisotopic (exact) mass is 310 g/mol. The van der Waals surface area contributed by atoms with Crippen LogP contribution in [0.25, 0.3) is 0 Å². The average Bonchev–Trinajstić information content (AvgIpc) is 2.85. The van der Waals surface area contributed by atoms with E-state index in [1.165, 1.54) is 18.3 Å². The number of anilines is 1. The standard InChI is InChI=1S/C13H11ClN2O3S/c1-8(17)11-7-20-13(15-11)16-12(18)6-19-10-4-2-3-9(14)5-10/h2-5,7H,6H2,1H3,(H,15,16,18). The van der Waals surface area contributed by atoms with E-state index >= 15 is 0 Å². The molecule has 0 atom stereocenters. The molecule has 0 saturated heterocycles. The van der Waals surface area contributed by atoms with Gasteiger partial charge in [-0.05, 0) is 18.2 Å². The fourth-order valence-electron chi connectivity index (χ4n) is 1.35. The zero-order chi connectivity index (χ0) is 14.5. The van der Waals surface area contributed by atoms with Gasteiger partial charge in [-0.3, -0.25) is 14.9 Å². The molecule has 0 aliphatic heterocycles. The Labute approximate surface area is 124 Å². The number of nitrogens with one attached hydrogen (secondary N) is 1. The van der Waals surface area contributed by atoms with E-state index in [0.29, 0.717) is 21.6 Å². The summed E-state index contributed by atoms with van der Waals surface area (Å²) >= 11 is 6.99. The summed E-state index contributed by atoms with van der Waals surface area (Å²) in [7, 11) is 0. The molecule has 0 saturated carbocycles. The molecule has 1 heterocycles. The molecule has 1 amide bonds. The van der Waals surface area contributed by atoms with E-state index in [9.17, 15) is 9.59 Å². The van der Waals surface area contributed by atoms with Crippen molar-refractivity contribution < 1.29 is 14.3 Å². The second-order valence-corrected chi connectivity index (χ2v) is 5.18. The maximum Gasteiger partial charge on any atom is 0.264 e. The third kappa shape index (κ3) is 4.04. The Morgan fingerprint density at radius 3 is 2.90 bits per heavy atom. The van der Waals surface area contributed by atoms with E-state index in [4.69, 9.17) is 16.3 Å². The van der Waals surface area contributed by atoms with E-state index in [1.54, 1.807) is 29.6 Å². The first-order valence-electron chi connectivity index (χ1n) is 5.69. The molecule has 0 radical (unpaired) electrons. The minimum Gasteiger partial charge on any atom is -0.484 e. The fourth-order valence-corrected chi connectivity index (χ4v) is 2.30. The van der Waals surface area contributed by atoms with Gasteiger partial charge in [-0.2, -0.15) is 0 Å². The van der Waals surface area contributed by atoms with Crippen LogP contribution < -0.4 is 10.1 Å². The number of benzene rings is 1. The van der Waals surface area contributed by atoms with Gasteiger partial charge in [0.2, 0.25) is 0 Å². The van der Waals surface area contributed by atoms with Gasteiger partial charge in [0.15, 0.2) is 17.5 Å². The normalized spacial score (nSPS) is 10.1. The number of nitrogens with zero attached hydrogens (tertiary/aromatic N) is 1. The van der Waals surface area contributed by atoms with E-state index in [-0.39, 0.29) is 18.3 Å². The zero-order valence-electron chi connectivity index (χ0n) is 10.6. The minimum atomic E-state index is -0.352. The van der Waals surface area contributed by atoms with Crippen molar-refractivity contribution in [3.63, 3.8) is 0 Å². The Morgan fingerprint density at radius 2 is 2.25 bits per heavy atom. The van der Waals surface area contributed by atoms with Gasteiger partial charge in [0.1, 0.15) is 11.4 Å².